The van der Waals surface area contributed by atoms with Crippen LogP contribution in [-0.4, -0.2) is 13.1 Å². The summed E-state index contributed by atoms with van der Waals surface area (Å²) >= 11 is 0. The standard InChI is InChI=1S/C50H57N3/c1-3-5-6-11-18-41-24-32-47(33-25-41)52(45-20-13-9-14-21-45)49-36-28-43(29-37-49)44-30-38-50(39-31-44)53(46-22-15-10-16-23-46)48-34-26-42(27-35-48)19-12-7-8-17-40-51-4-2/h9-10,13-16,20-39,51H,3-8,11-12,17-19,40H2,1-2H3. The lowest BCUT2D eigenvalue weighted by Crippen LogP contribution is -2.13. The minimum atomic E-state index is 1.06. The third kappa shape index (κ3) is 10.7. The van der Waals surface area contributed by atoms with E-state index in [1.165, 1.54) is 85.0 Å². The smallest absolute Gasteiger partial charge is 0.0462 e. The second-order valence-corrected chi connectivity index (χ2v) is 14.1. The topological polar surface area (TPSA) is 18.5 Å². The molecule has 0 aliphatic heterocycles. The average Bonchev–Trinajstić information content (AvgIpc) is 3.22. The molecule has 0 saturated carbocycles. The molecule has 0 spiro atoms. The van der Waals surface area contributed by atoms with Crippen molar-refractivity contribution in [3.63, 3.8) is 0 Å². The van der Waals surface area contributed by atoms with E-state index in [-0.39, 0.29) is 0 Å². The molecule has 0 heterocycles. The second-order valence-electron chi connectivity index (χ2n) is 14.1. The molecule has 0 bridgehead atoms. The van der Waals surface area contributed by atoms with E-state index in [1.807, 2.05) is 0 Å². The number of anilines is 6. The fourth-order valence-electron chi connectivity index (χ4n) is 7.14. The Morgan fingerprint density at radius 3 is 1.11 bits per heavy atom. The average molecular weight is 700 g/mol. The van der Waals surface area contributed by atoms with Gasteiger partial charge in [-0.25, -0.2) is 0 Å². The fraction of sp³-hybridized carbons (Fsp3) is 0.280. The molecule has 1 N–H and O–H groups in total. The van der Waals surface area contributed by atoms with E-state index in [0.717, 1.165) is 48.7 Å². The highest BCUT2D eigenvalue weighted by molar-refractivity contribution is 5.80. The van der Waals surface area contributed by atoms with Crippen LogP contribution in [0.3, 0.4) is 0 Å². The minimum Gasteiger partial charge on any atom is -0.317 e. The summed E-state index contributed by atoms with van der Waals surface area (Å²) in [6, 6.07) is 57.7. The number of hydrogen-bond acceptors (Lipinski definition) is 3. The van der Waals surface area contributed by atoms with Crippen LogP contribution >= 0.6 is 0 Å². The van der Waals surface area contributed by atoms with E-state index in [0.29, 0.717) is 0 Å². The Hall–Kier alpha value is -5.12. The normalized spacial score (nSPS) is 11.1. The molecular formula is C50H57N3. The highest BCUT2D eigenvalue weighted by Gasteiger charge is 2.15. The third-order valence-electron chi connectivity index (χ3n) is 10.1. The van der Waals surface area contributed by atoms with Gasteiger partial charge < -0.3 is 15.1 Å². The van der Waals surface area contributed by atoms with Crippen LogP contribution in [0.15, 0.2) is 158 Å². The Morgan fingerprint density at radius 2 is 0.717 bits per heavy atom. The number of rotatable bonds is 20. The van der Waals surface area contributed by atoms with Crippen molar-refractivity contribution in [2.45, 2.75) is 78.1 Å². The summed E-state index contributed by atoms with van der Waals surface area (Å²) in [5.74, 6) is 0. The Kier molecular flexibility index (Phi) is 14.3. The number of para-hydroxylation sites is 2. The Balaban J connectivity index is 1.17. The zero-order valence-corrected chi connectivity index (χ0v) is 31.9. The van der Waals surface area contributed by atoms with Crippen molar-refractivity contribution in [2.75, 3.05) is 22.9 Å². The van der Waals surface area contributed by atoms with Gasteiger partial charge in [-0.05, 0) is 140 Å². The molecule has 3 heteroatoms. The zero-order valence-electron chi connectivity index (χ0n) is 31.9. The molecule has 6 aromatic rings. The van der Waals surface area contributed by atoms with Gasteiger partial charge in [0.2, 0.25) is 0 Å². The molecule has 6 rings (SSSR count). The van der Waals surface area contributed by atoms with Crippen molar-refractivity contribution < 1.29 is 0 Å². The molecule has 0 aromatic heterocycles. The predicted molar refractivity (Wildman–Crippen MR) is 230 cm³/mol. The number of aryl methyl sites for hydroxylation is 2. The molecule has 3 nitrogen and oxygen atoms in total. The second kappa shape index (κ2) is 20.2. The lowest BCUT2D eigenvalue weighted by molar-refractivity contribution is 0.598. The lowest BCUT2D eigenvalue weighted by atomic mass is 10.0. The van der Waals surface area contributed by atoms with Crippen molar-refractivity contribution in [2.24, 2.45) is 0 Å². The summed E-state index contributed by atoms with van der Waals surface area (Å²) in [6.45, 7) is 6.64. The summed E-state index contributed by atoms with van der Waals surface area (Å²) in [7, 11) is 0. The van der Waals surface area contributed by atoms with Gasteiger partial charge in [0, 0.05) is 34.1 Å². The monoisotopic (exact) mass is 699 g/mol. The molecule has 0 atom stereocenters. The van der Waals surface area contributed by atoms with E-state index in [9.17, 15) is 0 Å². The number of benzene rings is 6. The van der Waals surface area contributed by atoms with Gasteiger partial charge in [-0.3, -0.25) is 0 Å². The summed E-state index contributed by atoms with van der Waals surface area (Å²) in [5.41, 5.74) is 12.2. The quantitative estimate of drug-likeness (QED) is 0.0800. The fourth-order valence-corrected chi connectivity index (χ4v) is 7.14. The van der Waals surface area contributed by atoms with Crippen molar-refractivity contribution in [1.82, 2.24) is 5.32 Å². The molecule has 0 fully saturated rings. The number of nitrogens with one attached hydrogen (secondary N) is 1. The first kappa shape index (κ1) is 37.6. The van der Waals surface area contributed by atoms with Gasteiger partial charge in [0.25, 0.3) is 0 Å². The van der Waals surface area contributed by atoms with Crippen molar-refractivity contribution >= 4 is 34.1 Å². The number of unbranched alkanes of at least 4 members (excludes halogenated alkanes) is 6. The van der Waals surface area contributed by atoms with Gasteiger partial charge in [-0.15, -0.1) is 0 Å². The molecule has 53 heavy (non-hydrogen) atoms. The van der Waals surface area contributed by atoms with Crippen molar-refractivity contribution in [3.05, 3.63) is 169 Å². The van der Waals surface area contributed by atoms with Crippen LogP contribution in [0, 0.1) is 0 Å². The van der Waals surface area contributed by atoms with Crippen LogP contribution < -0.4 is 15.1 Å². The summed E-state index contributed by atoms with van der Waals surface area (Å²) in [6.07, 6.45) is 12.5. The Morgan fingerprint density at radius 1 is 0.358 bits per heavy atom. The molecule has 0 aliphatic rings. The summed E-state index contributed by atoms with van der Waals surface area (Å²) < 4.78 is 0. The molecule has 6 aromatic carbocycles. The van der Waals surface area contributed by atoms with E-state index < -0.39 is 0 Å². The summed E-state index contributed by atoms with van der Waals surface area (Å²) in [5, 5.41) is 3.43. The van der Waals surface area contributed by atoms with Gasteiger partial charge in [0.1, 0.15) is 0 Å². The van der Waals surface area contributed by atoms with Crippen LogP contribution in [-0.2, 0) is 12.8 Å². The van der Waals surface area contributed by atoms with Gasteiger partial charge in [-0.1, -0.05) is 131 Å². The highest BCUT2D eigenvalue weighted by atomic mass is 15.1. The summed E-state index contributed by atoms with van der Waals surface area (Å²) in [4.78, 5) is 4.70. The number of hydrogen-bond donors (Lipinski definition) is 1. The van der Waals surface area contributed by atoms with Crippen LogP contribution in [0.5, 0.6) is 0 Å². The van der Waals surface area contributed by atoms with Crippen LogP contribution in [0.2, 0.25) is 0 Å². The zero-order chi connectivity index (χ0) is 36.5. The first-order valence-corrected chi connectivity index (χ1v) is 20.0. The largest absolute Gasteiger partial charge is 0.317 e. The van der Waals surface area contributed by atoms with Gasteiger partial charge >= 0.3 is 0 Å². The molecule has 0 radical (unpaired) electrons. The van der Waals surface area contributed by atoms with Crippen LogP contribution in [0.25, 0.3) is 11.1 Å². The maximum absolute atomic E-state index is 3.43. The van der Waals surface area contributed by atoms with Crippen molar-refractivity contribution in [3.8, 4) is 11.1 Å². The first-order chi connectivity index (χ1) is 26.2. The third-order valence-corrected chi connectivity index (χ3v) is 10.1. The van der Waals surface area contributed by atoms with Crippen molar-refractivity contribution in [1.29, 1.82) is 0 Å². The molecule has 272 valence electrons. The lowest BCUT2D eigenvalue weighted by Gasteiger charge is -2.26. The van der Waals surface area contributed by atoms with Gasteiger partial charge in [0.15, 0.2) is 0 Å². The van der Waals surface area contributed by atoms with E-state index >= 15 is 0 Å². The predicted octanol–water partition coefficient (Wildman–Crippen LogP) is 14.1. The molecule has 0 unspecified atom stereocenters. The Bertz CT molecular complexity index is 1880. The van der Waals surface area contributed by atoms with Gasteiger partial charge in [0.05, 0.1) is 0 Å². The molecular weight excluding hydrogens is 643 g/mol. The van der Waals surface area contributed by atoms with Crippen LogP contribution in [0.1, 0.15) is 76.3 Å². The SMILES string of the molecule is CCCCCCc1ccc(N(c2ccccc2)c2ccc(-c3ccc(N(c4ccccc4)c4ccc(CCCCCCNCC)cc4)cc3)cc2)cc1. The maximum Gasteiger partial charge on any atom is 0.0462 e. The van der Waals surface area contributed by atoms with Gasteiger partial charge in [-0.2, -0.15) is 0 Å². The van der Waals surface area contributed by atoms with Crippen LogP contribution in [0.4, 0.5) is 34.1 Å². The number of nitrogens with zero attached hydrogens (tertiary/aromatic N) is 2. The first-order valence-electron chi connectivity index (χ1n) is 20.0. The minimum absolute atomic E-state index is 1.06. The van der Waals surface area contributed by atoms with E-state index in [2.05, 4.69) is 187 Å². The highest BCUT2D eigenvalue weighted by Crippen LogP contribution is 2.38. The molecule has 0 amide bonds. The maximum atomic E-state index is 3.43. The van der Waals surface area contributed by atoms with E-state index in [1.54, 1.807) is 0 Å². The Labute approximate surface area is 319 Å². The van der Waals surface area contributed by atoms with E-state index in [4.69, 9.17) is 0 Å². The molecule has 0 aliphatic carbocycles. The molecule has 0 saturated heterocycles.